The highest BCUT2D eigenvalue weighted by Crippen LogP contribution is 2.40. The van der Waals surface area contributed by atoms with E-state index in [1.807, 2.05) is 23.1 Å². The Labute approximate surface area is 203 Å². The molecule has 2 unspecified atom stereocenters. The van der Waals surface area contributed by atoms with Crippen LogP contribution >= 0.6 is 23.2 Å². The highest BCUT2D eigenvalue weighted by molar-refractivity contribution is 6.39. The van der Waals surface area contributed by atoms with Crippen molar-refractivity contribution in [2.75, 3.05) is 31.1 Å². The molecule has 0 N–H and O–H groups in total. The predicted octanol–water partition coefficient (Wildman–Crippen LogP) is 5.07. The molecule has 0 aromatic heterocycles. The highest BCUT2D eigenvalue weighted by Gasteiger charge is 2.36. The van der Waals surface area contributed by atoms with Crippen molar-refractivity contribution in [1.82, 2.24) is 4.90 Å². The summed E-state index contributed by atoms with van der Waals surface area (Å²) in [5.74, 6) is -1.25. The van der Waals surface area contributed by atoms with Gasteiger partial charge in [0.1, 0.15) is 6.17 Å². The van der Waals surface area contributed by atoms with Crippen molar-refractivity contribution in [3.63, 3.8) is 0 Å². The normalized spacial score (nSPS) is 21.5. The number of aryl methyl sites for hydroxylation is 2. The number of alkyl halides is 1. The summed E-state index contributed by atoms with van der Waals surface area (Å²) in [6.07, 6.45) is -1.00. The maximum atomic E-state index is 14.6. The number of benzene rings is 2. The van der Waals surface area contributed by atoms with E-state index >= 15 is 0 Å². The number of hydrogen-bond donors (Lipinski definition) is 0. The van der Waals surface area contributed by atoms with Crippen LogP contribution in [0.25, 0.3) is 0 Å². The molecule has 0 spiro atoms. The lowest BCUT2D eigenvalue weighted by Gasteiger charge is -2.42. The van der Waals surface area contributed by atoms with Gasteiger partial charge in [-0.25, -0.2) is 4.39 Å². The summed E-state index contributed by atoms with van der Waals surface area (Å²) in [6.45, 7) is 7.32. The van der Waals surface area contributed by atoms with E-state index in [1.54, 1.807) is 0 Å². The average molecular weight is 493 g/mol. The molecule has 0 radical (unpaired) electrons. The first-order valence-corrected chi connectivity index (χ1v) is 11.8. The fourth-order valence-corrected chi connectivity index (χ4v) is 5.55. The third kappa shape index (κ3) is 5.03. The van der Waals surface area contributed by atoms with Crippen LogP contribution in [0.2, 0.25) is 10.0 Å². The fraction of sp³-hybridized carbons (Fsp3) is 0.440. The average Bonchev–Trinajstić information content (AvgIpc) is 2.72. The van der Waals surface area contributed by atoms with Gasteiger partial charge in [0, 0.05) is 32.1 Å². The molecule has 5 nitrogen and oxygen atoms in total. The maximum Gasteiger partial charge on any atom is 0.319 e. The van der Waals surface area contributed by atoms with Gasteiger partial charge >= 0.3 is 12.4 Å². The molecule has 2 atom stereocenters. The first-order valence-electron chi connectivity index (χ1n) is 11.1. The zero-order chi connectivity index (χ0) is 23.7. The molecular weight excluding hydrogens is 466 g/mol. The van der Waals surface area contributed by atoms with Crippen LogP contribution in [0, 0.1) is 19.8 Å². The summed E-state index contributed by atoms with van der Waals surface area (Å²) >= 11 is 12.7. The molecule has 2 saturated heterocycles. The van der Waals surface area contributed by atoms with Crippen LogP contribution in [0.5, 0.6) is 0 Å². The number of rotatable bonds is 6. The summed E-state index contributed by atoms with van der Waals surface area (Å²) in [5.41, 5.74) is 5.72. The van der Waals surface area contributed by atoms with Crippen molar-refractivity contribution in [3.05, 3.63) is 62.6 Å². The highest BCUT2D eigenvalue weighted by atomic mass is 35.5. The molecule has 0 aliphatic carbocycles. The minimum Gasteiger partial charge on any atom is -0.395 e. The van der Waals surface area contributed by atoms with Gasteiger partial charge in [-0.1, -0.05) is 41.4 Å². The number of halogens is 3. The van der Waals surface area contributed by atoms with Crippen molar-refractivity contribution in [3.8, 4) is 0 Å². The SMILES string of the molecule is Cc1cc(C2CN(c3c(Cl)cccc3Cl)C2)cc(C)c1CN1CCC(C(=O)OC=O)C(F)C1. The predicted molar refractivity (Wildman–Crippen MR) is 128 cm³/mol. The second kappa shape index (κ2) is 10.00. The summed E-state index contributed by atoms with van der Waals surface area (Å²) in [7, 11) is 0. The second-order valence-corrected chi connectivity index (χ2v) is 9.80. The van der Waals surface area contributed by atoms with Crippen molar-refractivity contribution >= 4 is 41.3 Å². The third-order valence-corrected chi connectivity index (χ3v) is 7.41. The second-order valence-electron chi connectivity index (χ2n) is 8.98. The Morgan fingerprint density at radius 1 is 1.15 bits per heavy atom. The lowest BCUT2D eigenvalue weighted by Crippen LogP contribution is -2.45. The Hall–Kier alpha value is -2.15. The lowest BCUT2D eigenvalue weighted by atomic mass is 9.86. The van der Waals surface area contributed by atoms with Gasteiger partial charge in [-0.15, -0.1) is 0 Å². The molecule has 176 valence electrons. The molecule has 4 rings (SSSR count). The number of carbonyl (C=O) groups is 2. The molecule has 2 aliphatic rings. The Morgan fingerprint density at radius 3 is 2.36 bits per heavy atom. The monoisotopic (exact) mass is 492 g/mol. The standard InChI is InChI=1S/C25H27Cl2FN2O3/c1-15-8-17(18-10-30(11-18)24-21(26)4-3-5-22(24)27)9-16(2)20(15)12-29-7-6-19(23(28)13-29)25(32)33-14-31/h3-5,8-9,14,18-19,23H,6-7,10-13H2,1-2H3. The number of likely N-dealkylation sites (tertiary alicyclic amines) is 1. The minimum absolute atomic E-state index is 0.0695. The van der Waals surface area contributed by atoms with Gasteiger partial charge in [0.05, 0.1) is 21.7 Å². The van der Waals surface area contributed by atoms with Gasteiger partial charge in [-0.2, -0.15) is 0 Å². The number of esters is 1. The van der Waals surface area contributed by atoms with Gasteiger partial charge in [0.15, 0.2) is 0 Å². The summed E-state index contributed by atoms with van der Waals surface area (Å²) < 4.78 is 18.9. The van der Waals surface area contributed by atoms with Crippen LogP contribution in [0.3, 0.4) is 0 Å². The first-order chi connectivity index (χ1) is 15.8. The van der Waals surface area contributed by atoms with Crippen molar-refractivity contribution < 1.29 is 18.7 Å². The maximum absolute atomic E-state index is 14.6. The van der Waals surface area contributed by atoms with Gasteiger partial charge in [0.2, 0.25) is 0 Å². The molecule has 2 fully saturated rings. The molecule has 0 bridgehead atoms. The largest absolute Gasteiger partial charge is 0.395 e. The number of carbonyl (C=O) groups excluding carboxylic acids is 2. The summed E-state index contributed by atoms with van der Waals surface area (Å²) in [5, 5.41) is 1.33. The van der Waals surface area contributed by atoms with Gasteiger partial charge in [-0.05, 0) is 61.2 Å². The van der Waals surface area contributed by atoms with E-state index in [0.29, 0.717) is 35.5 Å². The zero-order valence-corrected chi connectivity index (χ0v) is 20.2. The van der Waals surface area contributed by atoms with E-state index in [1.165, 1.54) is 22.3 Å². The number of anilines is 1. The molecule has 8 heteroatoms. The van der Waals surface area contributed by atoms with Gasteiger partial charge < -0.3 is 9.64 Å². The quantitative estimate of drug-likeness (QED) is 0.320. The van der Waals surface area contributed by atoms with E-state index in [4.69, 9.17) is 23.2 Å². The molecule has 33 heavy (non-hydrogen) atoms. The molecule has 0 amide bonds. The van der Waals surface area contributed by atoms with Crippen LogP contribution in [0.4, 0.5) is 10.1 Å². The van der Waals surface area contributed by atoms with Gasteiger partial charge in [0.25, 0.3) is 0 Å². The first kappa shape index (κ1) is 24.0. The van der Waals surface area contributed by atoms with Crippen molar-refractivity contribution in [2.24, 2.45) is 5.92 Å². The zero-order valence-electron chi connectivity index (χ0n) is 18.7. The van der Waals surface area contributed by atoms with Crippen molar-refractivity contribution in [2.45, 2.75) is 38.9 Å². The summed E-state index contributed by atoms with van der Waals surface area (Å²) in [4.78, 5) is 26.3. The van der Waals surface area contributed by atoms with Crippen LogP contribution in [0.15, 0.2) is 30.3 Å². The van der Waals surface area contributed by atoms with Crippen LogP contribution < -0.4 is 4.90 Å². The number of ether oxygens (including phenoxy) is 1. The van der Waals surface area contributed by atoms with E-state index in [9.17, 15) is 14.0 Å². The molecule has 2 aromatic rings. The van der Waals surface area contributed by atoms with Crippen molar-refractivity contribution in [1.29, 1.82) is 0 Å². The van der Waals surface area contributed by atoms with E-state index in [0.717, 1.165) is 18.8 Å². The number of para-hydroxylation sites is 1. The molecular formula is C25H27Cl2FN2O3. The molecule has 2 aromatic carbocycles. The number of hydrogen-bond acceptors (Lipinski definition) is 5. The van der Waals surface area contributed by atoms with E-state index < -0.39 is 18.1 Å². The van der Waals surface area contributed by atoms with E-state index in [-0.39, 0.29) is 13.0 Å². The molecule has 0 saturated carbocycles. The molecule has 2 aliphatic heterocycles. The lowest BCUT2D eigenvalue weighted by molar-refractivity contribution is -0.158. The third-order valence-electron chi connectivity index (χ3n) is 6.80. The summed E-state index contributed by atoms with van der Waals surface area (Å²) in [6, 6.07) is 10.0. The molecule has 2 heterocycles. The Kier molecular flexibility index (Phi) is 7.27. The number of piperidine rings is 1. The topological polar surface area (TPSA) is 49.9 Å². The smallest absolute Gasteiger partial charge is 0.319 e. The Morgan fingerprint density at radius 2 is 1.79 bits per heavy atom. The van der Waals surface area contributed by atoms with Crippen LogP contribution in [-0.4, -0.2) is 49.7 Å². The Balaban J connectivity index is 1.40. The fourth-order valence-electron chi connectivity index (χ4n) is 4.91. The Bertz CT molecular complexity index is 1010. The minimum atomic E-state index is -1.34. The number of nitrogens with zero attached hydrogens (tertiary/aromatic N) is 2. The van der Waals surface area contributed by atoms with Crippen LogP contribution in [0.1, 0.15) is 34.6 Å². The van der Waals surface area contributed by atoms with Gasteiger partial charge in [-0.3, -0.25) is 14.5 Å². The van der Waals surface area contributed by atoms with E-state index in [2.05, 4.69) is 35.6 Å². The van der Waals surface area contributed by atoms with Crippen LogP contribution in [-0.2, 0) is 20.9 Å².